The van der Waals surface area contributed by atoms with Gasteiger partial charge < -0.3 is 4.74 Å². The molecule has 0 aliphatic heterocycles. The highest BCUT2D eigenvalue weighted by atomic mass is 16.6. The minimum Gasteiger partial charge on any atom is -0.477 e. The van der Waals surface area contributed by atoms with Gasteiger partial charge in [0, 0.05) is 12.1 Å². The Balaban J connectivity index is 2.40. The average molecular weight is 288 g/mol. The van der Waals surface area contributed by atoms with Crippen molar-refractivity contribution in [2.45, 2.75) is 13.5 Å². The molecule has 108 valence electrons. The van der Waals surface area contributed by atoms with Crippen LogP contribution in [0.2, 0.25) is 0 Å². The number of nitrogens with zero attached hydrogens (tertiary/aromatic N) is 2. The van der Waals surface area contributed by atoms with E-state index in [0.29, 0.717) is 5.56 Å². The predicted octanol–water partition coefficient (Wildman–Crippen LogP) is 3.39. The van der Waals surface area contributed by atoms with Crippen molar-refractivity contribution < 1.29 is 14.6 Å². The van der Waals surface area contributed by atoms with E-state index in [2.05, 4.69) is 0 Å². The molecule has 7 nitrogen and oxygen atoms in total. The standard InChI is InChI=1S/C14H12N2O5/c1-10-7-12(15(17)18)14(13(8-10)16(19)20)21-9-11-5-3-2-4-6-11/h2-8H,9H2,1H3. The van der Waals surface area contributed by atoms with Crippen LogP contribution in [0.3, 0.4) is 0 Å². The van der Waals surface area contributed by atoms with Crippen LogP contribution >= 0.6 is 0 Å². The lowest BCUT2D eigenvalue weighted by Crippen LogP contribution is -2.03. The van der Waals surface area contributed by atoms with E-state index in [4.69, 9.17) is 4.74 Å². The number of nitro benzene ring substituents is 2. The van der Waals surface area contributed by atoms with Crippen LogP contribution in [0.4, 0.5) is 11.4 Å². The van der Waals surface area contributed by atoms with Crippen molar-refractivity contribution in [2.24, 2.45) is 0 Å². The second-order valence-corrected chi connectivity index (χ2v) is 4.42. The Bertz CT molecular complexity index is 650. The van der Waals surface area contributed by atoms with Crippen molar-refractivity contribution in [3.63, 3.8) is 0 Å². The van der Waals surface area contributed by atoms with Gasteiger partial charge in [-0.2, -0.15) is 0 Å². The van der Waals surface area contributed by atoms with Crippen molar-refractivity contribution in [2.75, 3.05) is 0 Å². The van der Waals surface area contributed by atoms with E-state index in [1.807, 2.05) is 6.07 Å². The molecule has 0 aromatic heterocycles. The topological polar surface area (TPSA) is 95.5 Å². The average Bonchev–Trinajstić information content (AvgIpc) is 2.46. The number of benzene rings is 2. The van der Waals surface area contributed by atoms with Gasteiger partial charge in [-0.15, -0.1) is 0 Å². The lowest BCUT2D eigenvalue weighted by Gasteiger charge is -2.08. The van der Waals surface area contributed by atoms with Crippen LogP contribution in [-0.4, -0.2) is 9.85 Å². The summed E-state index contributed by atoms with van der Waals surface area (Å²) in [5.41, 5.74) is 0.386. The Morgan fingerprint density at radius 3 is 2.00 bits per heavy atom. The summed E-state index contributed by atoms with van der Waals surface area (Å²) in [6.07, 6.45) is 0. The Labute approximate surface area is 120 Å². The number of hydrogen-bond donors (Lipinski definition) is 0. The van der Waals surface area contributed by atoms with Crippen LogP contribution < -0.4 is 4.74 Å². The molecule has 0 atom stereocenters. The van der Waals surface area contributed by atoms with Crippen molar-refractivity contribution in [1.82, 2.24) is 0 Å². The molecule has 21 heavy (non-hydrogen) atoms. The van der Waals surface area contributed by atoms with Gasteiger partial charge in [0.2, 0.25) is 0 Å². The molecule has 0 bridgehead atoms. The maximum Gasteiger partial charge on any atom is 0.318 e. The lowest BCUT2D eigenvalue weighted by atomic mass is 10.1. The minimum atomic E-state index is -0.680. The van der Waals surface area contributed by atoms with Gasteiger partial charge in [-0.3, -0.25) is 20.2 Å². The first-order valence-electron chi connectivity index (χ1n) is 6.09. The largest absolute Gasteiger partial charge is 0.477 e. The van der Waals surface area contributed by atoms with Crippen molar-refractivity contribution in [1.29, 1.82) is 0 Å². The summed E-state index contributed by atoms with van der Waals surface area (Å²) in [4.78, 5) is 20.8. The third-order valence-electron chi connectivity index (χ3n) is 2.81. The Hall–Kier alpha value is -2.96. The molecule has 0 fully saturated rings. The molecule has 7 heteroatoms. The fraction of sp³-hybridized carbons (Fsp3) is 0.143. The molecule has 0 saturated carbocycles. The van der Waals surface area contributed by atoms with Crippen molar-refractivity contribution >= 4 is 11.4 Å². The molecule has 2 aromatic carbocycles. The molecule has 0 N–H and O–H groups in total. The summed E-state index contributed by atoms with van der Waals surface area (Å²) in [5, 5.41) is 22.1. The number of hydrogen-bond acceptors (Lipinski definition) is 5. The monoisotopic (exact) mass is 288 g/mol. The molecule has 0 amide bonds. The van der Waals surface area contributed by atoms with E-state index >= 15 is 0 Å². The van der Waals surface area contributed by atoms with Crippen molar-refractivity contribution in [3.05, 3.63) is 73.8 Å². The number of nitro groups is 2. The first kappa shape index (κ1) is 14.4. The maximum atomic E-state index is 11.1. The van der Waals surface area contributed by atoms with Crippen LogP contribution in [0.1, 0.15) is 11.1 Å². The summed E-state index contributed by atoms with van der Waals surface area (Å²) < 4.78 is 5.35. The van der Waals surface area contributed by atoms with Gasteiger partial charge >= 0.3 is 11.4 Å². The summed E-state index contributed by atoms with van der Waals surface area (Å²) in [6.45, 7) is 1.58. The van der Waals surface area contributed by atoms with Crippen LogP contribution in [0, 0.1) is 27.2 Å². The molecule has 0 saturated heterocycles. The van der Waals surface area contributed by atoms with Crippen LogP contribution in [0.15, 0.2) is 42.5 Å². The zero-order valence-electron chi connectivity index (χ0n) is 11.2. The van der Waals surface area contributed by atoms with Crippen molar-refractivity contribution in [3.8, 4) is 5.75 Å². The SMILES string of the molecule is Cc1cc([N+](=O)[O-])c(OCc2ccccc2)c([N+](=O)[O-])c1. The predicted molar refractivity (Wildman–Crippen MR) is 75.3 cm³/mol. The third kappa shape index (κ3) is 3.33. The highest BCUT2D eigenvalue weighted by Crippen LogP contribution is 2.38. The molecular weight excluding hydrogens is 276 g/mol. The Kier molecular flexibility index (Phi) is 4.13. The molecule has 2 aromatic rings. The van der Waals surface area contributed by atoms with Gasteiger partial charge in [-0.25, -0.2) is 0 Å². The second kappa shape index (κ2) is 6.00. The van der Waals surface area contributed by atoms with Crippen LogP contribution in [0.25, 0.3) is 0 Å². The first-order chi connectivity index (χ1) is 9.99. The fourth-order valence-electron chi connectivity index (χ4n) is 1.88. The molecule has 0 radical (unpaired) electrons. The third-order valence-corrected chi connectivity index (χ3v) is 2.81. The molecule has 2 rings (SSSR count). The van der Waals surface area contributed by atoms with E-state index in [1.165, 1.54) is 12.1 Å². The highest BCUT2D eigenvalue weighted by molar-refractivity contribution is 5.61. The van der Waals surface area contributed by atoms with E-state index in [0.717, 1.165) is 5.56 Å². The highest BCUT2D eigenvalue weighted by Gasteiger charge is 2.27. The minimum absolute atomic E-state index is 0.0194. The number of ether oxygens (including phenoxy) is 1. The van der Waals surface area contributed by atoms with Crippen LogP contribution in [0.5, 0.6) is 5.75 Å². The Morgan fingerprint density at radius 1 is 1.00 bits per heavy atom. The van der Waals surface area contributed by atoms with Gasteiger partial charge in [0.25, 0.3) is 5.75 Å². The maximum absolute atomic E-state index is 11.1. The molecule has 0 unspecified atom stereocenters. The fourth-order valence-corrected chi connectivity index (χ4v) is 1.88. The summed E-state index contributed by atoms with van der Waals surface area (Å²) >= 11 is 0. The summed E-state index contributed by atoms with van der Waals surface area (Å²) in [5.74, 6) is -0.320. The zero-order chi connectivity index (χ0) is 15.4. The van der Waals surface area contributed by atoms with E-state index < -0.39 is 21.2 Å². The summed E-state index contributed by atoms with van der Waals surface area (Å²) in [6, 6.07) is 11.5. The second-order valence-electron chi connectivity index (χ2n) is 4.42. The smallest absolute Gasteiger partial charge is 0.318 e. The zero-order valence-corrected chi connectivity index (χ0v) is 11.2. The molecule has 0 heterocycles. The number of aryl methyl sites for hydroxylation is 1. The van der Waals surface area contributed by atoms with E-state index in [-0.39, 0.29) is 12.4 Å². The van der Waals surface area contributed by atoms with Gasteiger partial charge in [-0.1, -0.05) is 30.3 Å². The number of rotatable bonds is 5. The molecule has 0 aliphatic rings. The molecule has 0 aliphatic carbocycles. The van der Waals surface area contributed by atoms with Crippen LogP contribution in [-0.2, 0) is 6.61 Å². The van der Waals surface area contributed by atoms with Gasteiger partial charge in [0.05, 0.1) is 9.85 Å². The van der Waals surface area contributed by atoms with Gasteiger partial charge in [0.1, 0.15) is 6.61 Å². The first-order valence-corrected chi connectivity index (χ1v) is 6.09. The van der Waals surface area contributed by atoms with E-state index in [9.17, 15) is 20.2 Å². The lowest BCUT2D eigenvalue weighted by molar-refractivity contribution is -0.396. The van der Waals surface area contributed by atoms with E-state index in [1.54, 1.807) is 31.2 Å². The van der Waals surface area contributed by atoms with Gasteiger partial charge in [0.15, 0.2) is 0 Å². The molecule has 0 spiro atoms. The molecular formula is C14H12N2O5. The normalized spacial score (nSPS) is 10.1. The van der Waals surface area contributed by atoms with Gasteiger partial charge in [-0.05, 0) is 18.1 Å². The Morgan fingerprint density at radius 2 is 1.52 bits per heavy atom. The summed E-state index contributed by atoms with van der Waals surface area (Å²) in [7, 11) is 0. The quantitative estimate of drug-likeness (QED) is 0.620.